The van der Waals surface area contributed by atoms with Crippen molar-refractivity contribution in [3.63, 3.8) is 0 Å². The molecule has 1 heterocycles. The van der Waals surface area contributed by atoms with Crippen molar-refractivity contribution in [3.05, 3.63) is 28.5 Å². The zero-order chi connectivity index (χ0) is 22.0. The molecule has 8 heteroatoms. The molecule has 4 aliphatic carbocycles. The third kappa shape index (κ3) is 6.98. The van der Waals surface area contributed by atoms with Gasteiger partial charge in [-0.1, -0.05) is 25.4 Å². The molecule has 0 radical (unpaired) electrons. The number of aromatic nitrogens is 1. The molecule has 0 unspecified atom stereocenters. The predicted octanol–water partition coefficient (Wildman–Crippen LogP) is 5.06. The Morgan fingerprint density at radius 3 is 2.33 bits per heavy atom. The van der Waals surface area contributed by atoms with Crippen LogP contribution < -0.4 is 10.6 Å². The third-order valence-corrected chi connectivity index (χ3v) is 8.26. The van der Waals surface area contributed by atoms with E-state index in [1.165, 1.54) is 38.5 Å². The highest BCUT2D eigenvalue weighted by Crippen LogP contribution is 2.59. The molecule has 4 aliphatic rings. The lowest BCUT2D eigenvalue weighted by atomic mass is 9.49. The van der Waals surface area contributed by atoms with Crippen molar-refractivity contribution in [2.45, 2.75) is 71.3 Å². The van der Waals surface area contributed by atoms with Gasteiger partial charge in [0.25, 0.3) is 5.91 Å². The van der Waals surface area contributed by atoms with Crippen LogP contribution in [0, 0.1) is 29.1 Å². The van der Waals surface area contributed by atoms with Gasteiger partial charge < -0.3 is 15.7 Å². The molecule has 1 aromatic rings. The molecular weight excluding hydrogens is 481 g/mol. The Morgan fingerprint density at radius 2 is 1.79 bits per heavy atom. The average Bonchev–Trinajstić information content (AvgIpc) is 2.72. The Hall–Kier alpha value is -0.590. The number of halogens is 3. The number of nitrogens with zero attached hydrogens (tertiary/aromatic N) is 1. The highest BCUT2D eigenvalue weighted by molar-refractivity contribution is 6.33. The zero-order valence-corrected chi connectivity index (χ0v) is 22.2. The fourth-order valence-corrected chi connectivity index (χ4v) is 6.92. The summed E-state index contributed by atoms with van der Waals surface area (Å²) < 4.78 is 0. The molecule has 188 valence electrons. The number of aryl methyl sites for hydroxylation is 1. The fourth-order valence-electron chi connectivity index (χ4n) is 6.73. The summed E-state index contributed by atoms with van der Waals surface area (Å²) in [7, 11) is 0. The van der Waals surface area contributed by atoms with Crippen LogP contribution in [0.1, 0.15) is 74.8 Å². The fraction of sp³-hybridized carbons (Fsp3) is 0.760. The minimum Gasteiger partial charge on any atom is -0.395 e. The first-order valence-corrected chi connectivity index (χ1v) is 12.5. The average molecular weight is 521 g/mol. The van der Waals surface area contributed by atoms with Gasteiger partial charge in [0.1, 0.15) is 0 Å². The summed E-state index contributed by atoms with van der Waals surface area (Å²) in [5, 5.41) is 16.5. The number of carbonyl (C=O) groups excluding carboxylic acids is 1. The van der Waals surface area contributed by atoms with Gasteiger partial charge in [-0.05, 0) is 93.1 Å². The molecule has 4 saturated carbocycles. The minimum atomic E-state index is -0.0670. The van der Waals surface area contributed by atoms with Crippen molar-refractivity contribution < 1.29 is 9.90 Å². The lowest BCUT2D eigenvalue weighted by molar-refractivity contribution is -0.0503. The standard InChI is InChI=1S/C25H38ClN3O2.2ClH/c1-16(2)23(14-30)27-5-3-4-20-9-21(22(26)13-28-20)24(31)29-15-25-10-17-6-18(11-25)8-19(7-17)12-25;;/h9,13,16-19,23,27,30H,3-8,10-12,14-15H2,1-2H3,(H,29,31);2*1H/t17?,18?,19?,23-,25?;;/m0../s1. The molecule has 1 aromatic heterocycles. The smallest absolute Gasteiger partial charge is 0.252 e. The van der Waals surface area contributed by atoms with E-state index in [-0.39, 0.29) is 43.4 Å². The summed E-state index contributed by atoms with van der Waals surface area (Å²) in [6, 6.07) is 1.97. The normalized spacial score (nSPS) is 28.2. The number of rotatable bonds is 10. The van der Waals surface area contributed by atoms with Crippen molar-refractivity contribution >= 4 is 42.3 Å². The van der Waals surface area contributed by atoms with Crippen LogP contribution in [-0.2, 0) is 6.42 Å². The first-order valence-electron chi connectivity index (χ1n) is 12.1. The molecular formula is C25H40Cl3N3O2. The second-order valence-corrected chi connectivity index (χ2v) is 11.3. The monoisotopic (exact) mass is 519 g/mol. The van der Waals surface area contributed by atoms with E-state index in [1.807, 2.05) is 6.07 Å². The number of aliphatic hydroxyl groups excluding tert-OH is 1. The number of nitrogens with one attached hydrogen (secondary N) is 2. The van der Waals surface area contributed by atoms with Gasteiger partial charge in [-0.25, -0.2) is 0 Å². The van der Waals surface area contributed by atoms with Gasteiger partial charge >= 0.3 is 0 Å². The maximum Gasteiger partial charge on any atom is 0.252 e. The van der Waals surface area contributed by atoms with E-state index in [9.17, 15) is 9.90 Å². The van der Waals surface area contributed by atoms with Crippen LogP contribution in [0.25, 0.3) is 0 Å². The van der Waals surface area contributed by atoms with Gasteiger partial charge in [0.2, 0.25) is 0 Å². The maximum atomic E-state index is 13.0. The topological polar surface area (TPSA) is 74.2 Å². The first kappa shape index (κ1) is 28.6. The number of hydrogen-bond acceptors (Lipinski definition) is 4. The second kappa shape index (κ2) is 12.4. The van der Waals surface area contributed by atoms with Crippen LogP contribution >= 0.6 is 36.4 Å². The van der Waals surface area contributed by atoms with E-state index in [2.05, 4.69) is 29.5 Å². The Kier molecular flexibility index (Phi) is 10.8. The van der Waals surface area contributed by atoms with E-state index in [0.717, 1.165) is 49.4 Å². The van der Waals surface area contributed by atoms with Crippen LogP contribution in [-0.4, -0.2) is 41.7 Å². The summed E-state index contributed by atoms with van der Waals surface area (Å²) in [5.74, 6) is 2.97. The van der Waals surface area contributed by atoms with Gasteiger partial charge in [-0.2, -0.15) is 0 Å². The van der Waals surface area contributed by atoms with Gasteiger partial charge in [0.05, 0.1) is 17.2 Å². The summed E-state index contributed by atoms with van der Waals surface area (Å²) in [4.78, 5) is 17.4. The van der Waals surface area contributed by atoms with Gasteiger partial charge in [0, 0.05) is 24.5 Å². The number of aliphatic hydroxyl groups is 1. The summed E-state index contributed by atoms with van der Waals surface area (Å²) in [5.41, 5.74) is 1.74. The van der Waals surface area contributed by atoms with Crippen molar-refractivity contribution in [2.24, 2.45) is 29.1 Å². The highest BCUT2D eigenvalue weighted by atomic mass is 35.5. The number of carbonyl (C=O) groups is 1. The van der Waals surface area contributed by atoms with E-state index in [1.54, 1.807) is 6.20 Å². The van der Waals surface area contributed by atoms with Gasteiger partial charge in [-0.3, -0.25) is 9.78 Å². The Labute approximate surface area is 216 Å². The molecule has 5 nitrogen and oxygen atoms in total. The largest absolute Gasteiger partial charge is 0.395 e. The molecule has 0 spiro atoms. The van der Waals surface area contributed by atoms with Crippen LogP contribution in [0.2, 0.25) is 5.02 Å². The van der Waals surface area contributed by atoms with Crippen molar-refractivity contribution in [1.29, 1.82) is 0 Å². The lowest BCUT2D eigenvalue weighted by Crippen LogP contribution is -2.51. The van der Waals surface area contributed by atoms with Gasteiger partial charge in [-0.15, -0.1) is 24.8 Å². The highest BCUT2D eigenvalue weighted by Gasteiger charge is 2.50. The molecule has 0 aromatic carbocycles. The van der Waals surface area contributed by atoms with Crippen molar-refractivity contribution in [1.82, 2.24) is 15.6 Å². The first-order chi connectivity index (χ1) is 14.9. The van der Waals surface area contributed by atoms with Crippen LogP contribution in [0.4, 0.5) is 0 Å². The van der Waals surface area contributed by atoms with E-state index in [4.69, 9.17) is 11.6 Å². The van der Waals surface area contributed by atoms with Crippen molar-refractivity contribution in [2.75, 3.05) is 19.7 Å². The molecule has 0 aliphatic heterocycles. The van der Waals surface area contributed by atoms with Gasteiger partial charge in [0.15, 0.2) is 0 Å². The Balaban J connectivity index is 0.00000193. The van der Waals surface area contributed by atoms with E-state index in [0.29, 0.717) is 21.9 Å². The predicted molar refractivity (Wildman–Crippen MR) is 139 cm³/mol. The second-order valence-electron chi connectivity index (χ2n) is 10.8. The summed E-state index contributed by atoms with van der Waals surface area (Å²) >= 11 is 6.34. The van der Waals surface area contributed by atoms with Crippen LogP contribution in [0.3, 0.4) is 0 Å². The summed E-state index contributed by atoms with van der Waals surface area (Å²) in [6.07, 6.45) is 11.4. The molecule has 4 fully saturated rings. The third-order valence-electron chi connectivity index (χ3n) is 7.96. The molecule has 5 rings (SSSR count). The molecule has 3 N–H and O–H groups in total. The zero-order valence-electron chi connectivity index (χ0n) is 19.8. The SMILES string of the molecule is CC(C)[C@H](CO)NCCCc1cc(C(=O)NCC23CC4CC(CC(C4)C2)C3)c(Cl)cn1.Cl.Cl. The van der Waals surface area contributed by atoms with E-state index >= 15 is 0 Å². The van der Waals surface area contributed by atoms with E-state index < -0.39 is 0 Å². The molecule has 0 saturated heterocycles. The maximum absolute atomic E-state index is 13.0. The molecule has 1 amide bonds. The molecule has 4 bridgehead atoms. The minimum absolute atomic E-state index is 0. The number of hydrogen-bond donors (Lipinski definition) is 3. The Morgan fingerprint density at radius 1 is 1.18 bits per heavy atom. The van der Waals surface area contributed by atoms with Crippen LogP contribution in [0.5, 0.6) is 0 Å². The van der Waals surface area contributed by atoms with Crippen molar-refractivity contribution in [3.8, 4) is 0 Å². The Bertz CT molecular complexity index is 755. The lowest BCUT2D eigenvalue weighted by Gasteiger charge is -2.56. The molecule has 1 atom stereocenters. The van der Waals surface area contributed by atoms with Crippen LogP contribution in [0.15, 0.2) is 12.3 Å². The summed E-state index contributed by atoms with van der Waals surface area (Å²) in [6.45, 7) is 5.93. The number of amides is 1. The molecule has 33 heavy (non-hydrogen) atoms. The number of pyridine rings is 1. The quantitative estimate of drug-likeness (QED) is 0.377.